The average molecular weight is 185 g/mol. The van der Waals surface area contributed by atoms with Crippen LogP contribution in [0.1, 0.15) is 27.9 Å². The zero-order chi connectivity index (χ0) is 10.4. The van der Waals surface area contributed by atoms with Gasteiger partial charge < -0.3 is 0 Å². The van der Waals surface area contributed by atoms with Gasteiger partial charge in [-0.15, -0.1) is 0 Å². The lowest BCUT2D eigenvalue weighted by Crippen LogP contribution is -1.86. The van der Waals surface area contributed by atoms with Crippen LogP contribution in [0.4, 0.5) is 0 Å². The van der Waals surface area contributed by atoms with E-state index in [1.165, 1.54) is 0 Å². The molecule has 0 bridgehead atoms. The Morgan fingerprint density at radius 1 is 1.43 bits per heavy atom. The number of nitrogens with zero attached hydrogens (tertiary/aromatic N) is 1. The van der Waals surface area contributed by atoms with Crippen LogP contribution in [-0.4, -0.2) is 6.29 Å². The molecule has 1 aromatic carbocycles. The van der Waals surface area contributed by atoms with Crippen LogP contribution in [0.15, 0.2) is 24.3 Å². The molecule has 1 rings (SSSR count). The van der Waals surface area contributed by atoms with Crippen LogP contribution in [0, 0.1) is 18.3 Å². The summed E-state index contributed by atoms with van der Waals surface area (Å²) in [7, 11) is 0. The molecule has 0 radical (unpaired) electrons. The fourth-order valence-electron chi connectivity index (χ4n) is 1.19. The highest BCUT2D eigenvalue weighted by Gasteiger charge is 1.97. The third-order valence-corrected chi connectivity index (χ3v) is 1.88. The Hall–Kier alpha value is -1.88. The van der Waals surface area contributed by atoms with E-state index in [1.807, 2.05) is 31.2 Å². The fourth-order valence-corrected chi connectivity index (χ4v) is 1.19. The van der Waals surface area contributed by atoms with Crippen LogP contribution in [0.25, 0.3) is 6.08 Å². The van der Waals surface area contributed by atoms with Crippen molar-refractivity contribution in [2.75, 3.05) is 0 Å². The summed E-state index contributed by atoms with van der Waals surface area (Å²) in [5.41, 5.74) is 2.59. The highest BCUT2D eigenvalue weighted by Crippen LogP contribution is 2.11. The number of aldehydes is 1. The molecule has 0 fully saturated rings. The minimum absolute atomic E-state index is 0.367. The van der Waals surface area contributed by atoms with Gasteiger partial charge in [-0.05, 0) is 18.6 Å². The molecule has 0 aliphatic carbocycles. The molecule has 70 valence electrons. The van der Waals surface area contributed by atoms with E-state index >= 15 is 0 Å². The molecule has 0 atom stereocenters. The van der Waals surface area contributed by atoms with Crippen molar-refractivity contribution in [1.82, 2.24) is 0 Å². The number of carbonyl (C=O) groups excluding carboxylic acids is 1. The molecule has 0 heterocycles. The summed E-state index contributed by atoms with van der Waals surface area (Å²) >= 11 is 0. The Morgan fingerprint density at radius 2 is 2.21 bits per heavy atom. The minimum atomic E-state index is 0.367. The molecule has 2 nitrogen and oxygen atoms in total. The third-order valence-electron chi connectivity index (χ3n) is 1.88. The largest absolute Gasteiger partial charge is 0.298 e. The SMILES string of the molecule is Cc1ccc(C=CCC#N)c(C=O)c1. The van der Waals surface area contributed by atoms with Gasteiger partial charge in [-0.25, -0.2) is 0 Å². The Bertz CT molecular complexity index is 399. The second kappa shape index (κ2) is 4.98. The second-order valence-electron chi connectivity index (χ2n) is 3.01. The number of carbonyl (C=O) groups is 1. The Balaban J connectivity index is 2.97. The zero-order valence-corrected chi connectivity index (χ0v) is 8.03. The Labute approximate surface area is 83.5 Å². The smallest absolute Gasteiger partial charge is 0.150 e. The molecular weight excluding hydrogens is 174 g/mol. The fraction of sp³-hybridized carbons (Fsp3) is 0.167. The van der Waals surface area contributed by atoms with Gasteiger partial charge >= 0.3 is 0 Å². The van der Waals surface area contributed by atoms with Gasteiger partial charge in [0, 0.05) is 5.56 Å². The normalized spacial score (nSPS) is 10.0. The molecule has 2 heteroatoms. The first-order valence-electron chi connectivity index (χ1n) is 4.37. The predicted octanol–water partition coefficient (Wildman–Crippen LogP) is 2.73. The first-order chi connectivity index (χ1) is 6.77. The molecule has 0 spiro atoms. The molecule has 0 aliphatic rings. The maximum Gasteiger partial charge on any atom is 0.150 e. The van der Waals surface area contributed by atoms with E-state index in [0.717, 1.165) is 17.4 Å². The van der Waals surface area contributed by atoms with Crippen molar-refractivity contribution in [3.8, 4) is 6.07 Å². The van der Waals surface area contributed by atoms with Gasteiger partial charge in [0.15, 0.2) is 6.29 Å². The summed E-state index contributed by atoms with van der Waals surface area (Å²) in [6, 6.07) is 7.67. The minimum Gasteiger partial charge on any atom is -0.298 e. The lowest BCUT2D eigenvalue weighted by atomic mass is 10.0. The van der Waals surface area contributed by atoms with Crippen molar-refractivity contribution < 1.29 is 4.79 Å². The zero-order valence-electron chi connectivity index (χ0n) is 8.03. The van der Waals surface area contributed by atoms with Gasteiger partial charge in [0.25, 0.3) is 0 Å². The number of hydrogen-bond acceptors (Lipinski definition) is 2. The van der Waals surface area contributed by atoms with E-state index in [4.69, 9.17) is 5.26 Å². The Morgan fingerprint density at radius 3 is 2.86 bits per heavy atom. The maximum absolute atomic E-state index is 10.7. The summed E-state index contributed by atoms with van der Waals surface area (Å²) in [5.74, 6) is 0. The van der Waals surface area contributed by atoms with E-state index in [0.29, 0.717) is 12.0 Å². The first kappa shape index (κ1) is 10.2. The molecule has 0 unspecified atom stereocenters. The number of benzene rings is 1. The quantitative estimate of drug-likeness (QED) is 0.679. The summed E-state index contributed by atoms with van der Waals surface area (Å²) in [6.07, 6.45) is 4.75. The second-order valence-corrected chi connectivity index (χ2v) is 3.01. The van der Waals surface area contributed by atoms with Gasteiger partial charge in [-0.3, -0.25) is 4.79 Å². The molecule has 1 aromatic rings. The van der Waals surface area contributed by atoms with Crippen molar-refractivity contribution in [2.24, 2.45) is 0 Å². The number of hydrogen-bond donors (Lipinski definition) is 0. The number of aryl methyl sites for hydroxylation is 1. The van der Waals surface area contributed by atoms with Gasteiger partial charge in [-0.1, -0.05) is 29.8 Å². The summed E-state index contributed by atoms with van der Waals surface area (Å²) in [5, 5.41) is 8.34. The number of allylic oxidation sites excluding steroid dienone is 1. The summed E-state index contributed by atoms with van der Waals surface area (Å²) in [6.45, 7) is 1.94. The average Bonchev–Trinajstić information content (AvgIpc) is 2.20. The first-order valence-corrected chi connectivity index (χ1v) is 4.37. The van der Waals surface area contributed by atoms with E-state index < -0.39 is 0 Å². The van der Waals surface area contributed by atoms with Crippen molar-refractivity contribution in [3.63, 3.8) is 0 Å². The number of rotatable bonds is 3. The highest BCUT2D eigenvalue weighted by molar-refractivity contribution is 5.82. The Kier molecular flexibility index (Phi) is 3.63. The van der Waals surface area contributed by atoms with Gasteiger partial charge in [0.1, 0.15) is 0 Å². The van der Waals surface area contributed by atoms with Crippen molar-refractivity contribution in [2.45, 2.75) is 13.3 Å². The monoisotopic (exact) mass is 185 g/mol. The van der Waals surface area contributed by atoms with Crippen LogP contribution in [-0.2, 0) is 0 Å². The maximum atomic E-state index is 10.7. The number of nitriles is 1. The van der Waals surface area contributed by atoms with Gasteiger partial charge in [0.2, 0.25) is 0 Å². The van der Waals surface area contributed by atoms with E-state index in [-0.39, 0.29) is 0 Å². The molecule has 0 saturated heterocycles. The molecule has 0 aliphatic heterocycles. The lowest BCUT2D eigenvalue weighted by Gasteiger charge is -1.99. The van der Waals surface area contributed by atoms with Crippen LogP contribution < -0.4 is 0 Å². The third kappa shape index (κ3) is 2.56. The predicted molar refractivity (Wildman–Crippen MR) is 55.8 cm³/mol. The summed E-state index contributed by atoms with van der Waals surface area (Å²) in [4.78, 5) is 10.7. The van der Waals surface area contributed by atoms with Crippen molar-refractivity contribution in [3.05, 3.63) is 41.0 Å². The molecule has 0 amide bonds. The molecule has 0 N–H and O–H groups in total. The van der Waals surface area contributed by atoms with E-state index in [2.05, 4.69) is 0 Å². The van der Waals surface area contributed by atoms with Crippen molar-refractivity contribution >= 4 is 12.4 Å². The van der Waals surface area contributed by atoms with Gasteiger partial charge in [-0.2, -0.15) is 5.26 Å². The van der Waals surface area contributed by atoms with Crippen LogP contribution in [0.3, 0.4) is 0 Å². The standard InChI is InChI=1S/C12H11NO/c1-10-5-6-11(4-2-3-7-13)12(8-10)9-14/h2,4-6,8-9H,3H2,1H3. The van der Waals surface area contributed by atoms with Crippen LogP contribution >= 0.6 is 0 Å². The summed E-state index contributed by atoms with van der Waals surface area (Å²) < 4.78 is 0. The van der Waals surface area contributed by atoms with E-state index in [9.17, 15) is 4.79 Å². The topological polar surface area (TPSA) is 40.9 Å². The van der Waals surface area contributed by atoms with Gasteiger partial charge in [0.05, 0.1) is 12.5 Å². The lowest BCUT2D eigenvalue weighted by molar-refractivity contribution is 0.112. The molecule has 0 aromatic heterocycles. The molecule has 14 heavy (non-hydrogen) atoms. The van der Waals surface area contributed by atoms with Crippen LogP contribution in [0.2, 0.25) is 0 Å². The van der Waals surface area contributed by atoms with Crippen molar-refractivity contribution in [1.29, 1.82) is 5.26 Å². The van der Waals surface area contributed by atoms with Crippen LogP contribution in [0.5, 0.6) is 0 Å². The highest BCUT2D eigenvalue weighted by atomic mass is 16.1. The van der Waals surface area contributed by atoms with E-state index in [1.54, 1.807) is 12.2 Å². The molecule has 0 saturated carbocycles. The molecular formula is C12H11NO.